The predicted molar refractivity (Wildman–Crippen MR) is 71.3 cm³/mol. The minimum Gasteiger partial charge on any atom is -0.452 e. The standard InChI is InChI=1S/C13H10ClFN2O3/c1-6-9(15)4-7(12(16)18)5-10(6)17-13(19)8-2-3-20-11(8)14/h2-5H,1H3,(H2,16,18)(H,17,19). The number of carbonyl (C=O) groups excluding carboxylic acids is 2. The van der Waals surface area contributed by atoms with E-state index in [9.17, 15) is 14.0 Å². The van der Waals surface area contributed by atoms with Crippen molar-refractivity contribution in [3.63, 3.8) is 0 Å². The molecule has 2 aromatic rings. The van der Waals surface area contributed by atoms with Crippen LogP contribution in [0.25, 0.3) is 0 Å². The third kappa shape index (κ3) is 2.65. The first-order valence-electron chi connectivity index (χ1n) is 5.54. The summed E-state index contributed by atoms with van der Waals surface area (Å²) < 4.78 is 18.5. The molecule has 1 heterocycles. The number of hydrogen-bond donors (Lipinski definition) is 2. The lowest BCUT2D eigenvalue weighted by molar-refractivity contribution is 0.0995. The quantitative estimate of drug-likeness (QED) is 0.913. The molecule has 0 unspecified atom stereocenters. The molecule has 20 heavy (non-hydrogen) atoms. The number of anilines is 1. The van der Waals surface area contributed by atoms with Crippen molar-refractivity contribution < 1.29 is 18.4 Å². The van der Waals surface area contributed by atoms with Gasteiger partial charge >= 0.3 is 0 Å². The maximum absolute atomic E-state index is 13.7. The predicted octanol–water partition coefficient (Wildman–Crippen LogP) is 2.73. The fourth-order valence-electron chi connectivity index (χ4n) is 1.60. The highest BCUT2D eigenvalue weighted by Crippen LogP contribution is 2.23. The normalized spacial score (nSPS) is 10.3. The summed E-state index contributed by atoms with van der Waals surface area (Å²) in [5.74, 6) is -2.01. The second kappa shape index (κ2) is 5.34. The second-order valence-corrected chi connectivity index (χ2v) is 4.40. The number of rotatable bonds is 3. The molecule has 1 aromatic heterocycles. The number of amides is 2. The third-order valence-corrected chi connectivity index (χ3v) is 3.03. The van der Waals surface area contributed by atoms with E-state index in [1.54, 1.807) is 0 Å². The van der Waals surface area contributed by atoms with Crippen LogP contribution < -0.4 is 11.1 Å². The smallest absolute Gasteiger partial charge is 0.260 e. The summed E-state index contributed by atoms with van der Waals surface area (Å²) in [6.07, 6.45) is 1.25. The van der Waals surface area contributed by atoms with Gasteiger partial charge in [0, 0.05) is 16.8 Å². The molecule has 1 aromatic carbocycles. The number of benzene rings is 1. The van der Waals surface area contributed by atoms with Crippen molar-refractivity contribution in [3.8, 4) is 0 Å². The first-order valence-corrected chi connectivity index (χ1v) is 5.92. The van der Waals surface area contributed by atoms with Gasteiger partial charge in [0.2, 0.25) is 11.1 Å². The van der Waals surface area contributed by atoms with E-state index in [1.807, 2.05) is 0 Å². The molecule has 0 atom stereocenters. The van der Waals surface area contributed by atoms with Crippen LogP contribution in [0.2, 0.25) is 5.22 Å². The molecule has 0 saturated heterocycles. The molecule has 0 spiro atoms. The van der Waals surface area contributed by atoms with Crippen molar-refractivity contribution in [2.75, 3.05) is 5.32 Å². The maximum atomic E-state index is 13.7. The number of furan rings is 1. The molecule has 104 valence electrons. The van der Waals surface area contributed by atoms with Crippen LogP contribution in [-0.2, 0) is 0 Å². The topological polar surface area (TPSA) is 85.3 Å². The summed E-state index contributed by atoms with van der Waals surface area (Å²) >= 11 is 5.68. The Balaban J connectivity index is 2.36. The summed E-state index contributed by atoms with van der Waals surface area (Å²) in [4.78, 5) is 23.0. The van der Waals surface area contributed by atoms with Crippen molar-refractivity contribution in [1.29, 1.82) is 0 Å². The van der Waals surface area contributed by atoms with Gasteiger partial charge in [0.25, 0.3) is 5.91 Å². The average Bonchev–Trinajstić information content (AvgIpc) is 2.80. The van der Waals surface area contributed by atoms with Crippen LogP contribution in [0.3, 0.4) is 0 Å². The van der Waals surface area contributed by atoms with Crippen LogP contribution >= 0.6 is 11.6 Å². The number of halogens is 2. The monoisotopic (exact) mass is 296 g/mol. The highest BCUT2D eigenvalue weighted by atomic mass is 35.5. The molecule has 0 fully saturated rings. The van der Waals surface area contributed by atoms with Gasteiger partial charge in [-0.3, -0.25) is 9.59 Å². The Morgan fingerprint density at radius 2 is 2.10 bits per heavy atom. The van der Waals surface area contributed by atoms with Gasteiger partial charge in [-0.15, -0.1) is 0 Å². The van der Waals surface area contributed by atoms with Gasteiger partial charge in [-0.25, -0.2) is 4.39 Å². The number of nitrogens with two attached hydrogens (primary N) is 1. The summed E-state index contributed by atoms with van der Waals surface area (Å²) in [6, 6.07) is 3.69. The fraction of sp³-hybridized carbons (Fsp3) is 0.0769. The lowest BCUT2D eigenvalue weighted by Crippen LogP contribution is -2.16. The highest BCUT2D eigenvalue weighted by Gasteiger charge is 2.16. The lowest BCUT2D eigenvalue weighted by atomic mass is 10.1. The molecule has 0 aliphatic carbocycles. The molecule has 2 rings (SSSR count). The molecule has 0 bridgehead atoms. The van der Waals surface area contributed by atoms with Gasteiger partial charge in [-0.2, -0.15) is 0 Å². The molecule has 2 amide bonds. The van der Waals surface area contributed by atoms with Gasteiger partial charge in [0.05, 0.1) is 11.8 Å². The van der Waals surface area contributed by atoms with Gasteiger partial charge in [-0.1, -0.05) is 0 Å². The van der Waals surface area contributed by atoms with Crippen LogP contribution in [0.4, 0.5) is 10.1 Å². The first kappa shape index (κ1) is 14.1. The van der Waals surface area contributed by atoms with Gasteiger partial charge in [-0.05, 0) is 36.7 Å². The van der Waals surface area contributed by atoms with E-state index in [2.05, 4.69) is 5.32 Å². The third-order valence-electron chi connectivity index (χ3n) is 2.74. The minimum atomic E-state index is -0.791. The first-order chi connectivity index (χ1) is 9.40. The van der Waals surface area contributed by atoms with E-state index in [4.69, 9.17) is 21.8 Å². The van der Waals surface area contributed by atoms with Crippen LogP contribution in [0.1, 0.15) is 26.3 Å². The maximum Gasteiger partial charge on any atom is 0.260 e. The van der Waals surface area contributed by atoms with Crippen molar-refractivity contribution in [3.05, 3.63) is 52.2 Å². The van der Waals surface area contributed by atoms with E-state index < -0.39 is 17.6 Å². The van der Waals surface area contributed by atoms with Crippen molar-refractivity contribution in [1.82, 2.24) is 0 Å². The molecule has 5 nitrogen and oxygen atoms in total. The van der Waals surface area contributed by atoms with Gasteiger partial charge in [0.15, 0.2) is 0 Å². The van der Waals surface area contributed by atoms with Crippen molar-refractivity contribution in [2.24, 2.45) is 5.73 Å². The SMILES string of the molecule is Cc1c(F)cc(C(N)=O)cc1NC(=O)c1ccoc1Cl. The number of carbonyl (C=O) groups is 2. The van der Waals surface area contributed by atoms with E-state index in [-0.39, 0.29) is 27.6 Å². The molecule has 0 saturated carbocycles. The number of primary amides is 1. The average molecular weight is 297 g/mol. The second-order valence-electron chi connectivity index (χ2n) is 4.06. The number of hydrogen-bond acceptors (Lipinski definition) is 3. The van der Waals surface area contributed by atoms with E-state index >= 15 is 0 Å². The van der Waals surface area contributed by atoms with Crippen LogP contribution in [0, 0.1) is 12.7 Å². The highest BCUT2D eigenvalue weighted by molar-refractivity contribution is 6.32. The van der Waals surface area contributed by atoms with E-state index in [0.29, 0.717) is 0 Å². The summed E-state index contributed by atoms with van der Waals surface area (Å²) in [7, 11) is 0. The molecule has 3 N–H and O–H groups in total. The Hall–Kier alpha value is -2.34. The molecule has 0 radical (unpaired) electrons. The van der Waals surface area contributed by atoms with Crippen LogP contribution in [-0.4, -0.2) is 11.8 Å². The molecular formula is C13H10ClFN2O3. The fourth-order valence-corrected chi connectivity index (χ4v) is 1.80. The van der Waals surface area contributed by atoms with Crippen LogP contribution in [0.5, 0.6) is 0 Å². The Morgan fingerprint density at radius 3 is 2.65 bits per heavy atom. The number of nitrogens with one attached hydrogen (secondary N) is 1. The zero-order chi connectivity index (χ0) is 14.9. The van der Waals surface area contributed by atoms with E-state index in [1.165, 1.54) is 25.3 Å². The summed E-state index contributed by atoms with van der Waals surface area (Å²) in [6.45, 7) is 1.46. The van der Waals surface area contributed by atoms with Crippen molar-refractivity contribution in [2.45, 2.75) is 6.92 Å². The zero-order valence-corrected chi connectivity index (χ0v) is 11.1. The Bertz CT molecular complexity index is 697. The molecule has 0 aliphatic heterocycles. The van der Waals surface area contributed by atoms with Crippen molar-refractivity contribution >= 4 is 29.1 Å². The Morgan fingerprint density at radius 1 is 1.40 bits per heavy atom. The van der Waals surface area contributed by atoms with Gasteiger partial charge < -0.3 is 15.5 Å². The Labute approximate surface area is 118 Å². The van der Waals surface area contributed by atoms with Crippen LogP contribution in [0.15, 0.2) is 28.9 Å². The van der Waals surface area contributed by atoms with Gasteiger partial charge in [0.1, 0.15) is 5.82 Å². The molecular weight excluding hydrogens is 287 g/mol. The lowest BCUT2D eigenvalue weighted by Gasteiger charge is -2.10. The molecule has 0 aliphatic rings. The summed E-state index contributed by atoms with van der Waals surface area (Å²) in [5.41, 5.74) is 5.49. The van der Waals surface area contributed by atoms with E-state index in [0.717, 1.165) is 6.07 Å². The molecule has 7 heteroatoms. The Kier molecular flexibility index (Phi) is 3.76. The summed E-state index contributed by atoms with van der Waals surface area (Å²) in [5, 5.41) is 2.38. The minimum absolute atomic E-state index is 0.0401. The largest absolute Gasteiger partial charge is 0.452 e. The zero-order valence-electron chi connectivity index (χ0n) is 10.4.